The van der Waals surface area contributed by atoms with Crippen LogP contribution in [0, 0.1) is 27.6 Å². The van der Waals surface area contributed by atoms with Crippen molar-refractivity contribution in [1.82, 2.24) is 0 Å². The Bertz CT molecular complexity index is 455. The molecule has 0 aromatic rings. The maximum Gasteiger partial charge on any atom is 0.134 e. The van der Waals surface area contributed by atoms with Crippen LogP contribution < -0.4 is 0 Å². The fourth-order valence-corrected chi connectivity index (χ4v) is 7.86. The van der Waals surface area contributed by atoms with E-state index in [1.165, 1.54) is 44.9 Å². The molecule has 0 saturated heterocycles. The molecule has 0 aromatic heterocycles. The van der Waals surface area contributed by atoms with Crippen LogP contribution in [-0.4, -0.2) is 5.78 Å². The summed E-state index contributed by atoms with van der Waals surface area (Å²) in [6, 6.07) is 0. The van der Waals surface area contributed by atoms with Gasteiger partial charge in [-0.15, -0.1) is 0 Å². The van der Waals surface area contributed by atoms with Crippen LogP contribution in [-0.2, 0) is 4.79 Å². The molecule has 4 aliphatic rings. The summed E-state index contributed by atoms with van der Waals surface area (Å²) in [6.07, 6.45) is 11.5. The zero-order chi connectivity index (χ0) is 13.5. The van der Waals surface area contributed by atoms with Gasteiger partial charge in [-0.2, -0.15) is 0 Å². The third kappa shape index (κ3) is 1.07. The van der Waals surface area contributed by atoms with Gasteiger partial charge in [0.15, 0.2) is 0 Å². The maximum atomic E-state index is 12.3. The van der Waals surface area contributed by atoms with Crippen LogP contribution in [0.25, 0.3) is 0 Å². The standard InChI is InChI=1S/C18H28O/c1-13-5-4-6-15(2)7-9-17-12-14(19)11-16(17,3)8-10-18(13,15)17/h13H,4-12H2,1-3H3/t13-,15+,16-,17+,18+/m1/s1. The van der Waals surface area contributed by atoms with Crippen LogP contribution in [0.15, 0.2) is 0 Å². The molecule has 1 heteroatoms. The van der Waals surface area contributed by atoms with E-state index < -0.39 is 0 Å². The fourth-order valence-electron chi connectivity index (χ4n) is 7.86. The molecule has 0 aliphatic heterocycles. The molecular weight excluding hydrogens is 232 g/mol. The van der Waals surface area contributed by atoms with E-state index in [0.717, 1.165) is 18.8 Å². The minimum absolute atomic E-state index is 0.341. The third-order valence-corrected chi connectivity index (χ3v) is 8.55. The van der Waals surface area contributed by atoms with Gasteiger partial charge >= 0.3 is 0 Å². The van der Waals surface area contributed by atoms with Crippen LogP contribution >= 0.6 is 0 Å². The molecule has 0 amide bonds. The van der Waals surface area contributed by atoms with Crippen molar-refractivity contribution in [3.63, 3.8) is 0 Å². The van der Waals surface area contributed by atoms with Crippen molar-refractivity contribution in [1.29, 1.82) is 0 Å². The van der Waals surface area contributed by atoms with E-state index in [2.05, 4.69) is 20.8 Å². The highest BCUT2D eigenvalue weighted by atomic mass is 16.1. The molecule has 106 valence electrons. The van der Waals surface area contributed by atoms with Crippen molar-refractivity contribution < 1.29 is 4.79 Å². The second kappa shape index (κ2) is 3.28. The van der Waals surface area contributed by atoms with Gasteiger partial charge in [-0.05, 0) is 59.7 Å². The zero-order valence-electron chi connectivity index (χ0n) is 12.8. The van der Waals surface area contributed by atoms with E-state index in [-0.39, 0.29) is 0 Å². The lowest BCUT2D eigenvalue weighted by atomic mass is 9.46. The number of ketones is 1. The summed E-state index contributed by atoms with van der Waals surface area (Å²) in [6.45, 7) is 7.55. The molecule has 4 saturated carbocycles. The summed E-state index contributed by atoms with van der Waals surface area (Å²) in [4.78, 5) is 12.3. The topological polar surface area (TPSA) is 17.1 Å². The minimum Gasteiger partial charge on any atom is -0.300 e. The van der Waals surface area contributed by atoms with Crippen molar-refractivity contribution in [2.45, 2.75) is 78.6 Å². The molecule has 5 atom stereocenters. The quantitative estimate of drug-likeness (QED) is 0.614. The number of hydrogen-bond donors (Lipinski definition) is 0. The Balaban J connectivity index is 1.93. The third-order valence-electron chi connectivity index (χ3n) is 8.55. The number of rotatable bonds is 0. The Kier molecular flexibility index (Phi) is 2.15. The molecule has 4 aliphatic carbocycles. The van der Waals surface area contributed by atoms with Crippen LogP contribution in [0.1, 0.15) is 78.6 Å². The molecule has 0 radical (unpaired) electrons. The first kappa shape index (κ1) is 12.4. The Morgan fingerprint density at radius 2 is 1.68 bits per heavy atom. The molecule has 0 unspecified atom stereocenters. The monoisotopic (exact) mass is 260 g/mol. The predicted molar refractivity (Wildman–Crippen MR) is 76.8 cm³/mol. The number of carbonyl (C=O) groups is 1. The lowest BCUT2D eigenvalue weighted by Gasteiger charge is -2.58. The second-order valence-corrected chi connectivity index (χ2v) is 8.86. The van der Waals surface area contributed by atoms with E-state index in [4.69, 9.17) is 0 Å². The Hall–Kier alpha value is -0.330. The van der Waals surface area contributed by atoms with Gasteiger partial charge in [0.1, 0.15) is 5.78 Å². The summed E-state index contributed by atoms with van der Waals surface area (Å²) in [7, 11) is 0. The molecule has 19 heavy (non-hydrogen) atoms. The van der Waals surface area contributed by atoms with Crippen LogP contribution in [0.2, 0.25) is 0 Å². The highest BCUT2D eigenvalue weighted by Gasteiger charge is 2.77. The van der Waals surface area contributed by atoms with Crippen molar-refractivity contribution in [2.75, 3.05) is 0 Å². The molecule has 0 bridgehead atoms. The smallest absolute Gasteiger partial charge is 0.134 e. The molecule has 0 aromatic carbocycles. The summed E-state index contributed by atoms with van der Waals surface area (Å²) < 4.78 is 0. The SMILES string of the molecule is C[C@@H]1CCC[C@@]2(C)CC[C@]34CC(=O)C[C@@]3(C)CC[C@]124. The van der Waals surface area contributed by atoms with E-state index in [1.807, 2.05) is 0 Å². The highest BCUT2D eigenvalue weighted by molar-refractivity contribution is 5.83. The largest absolute Gasteiger partial charge is 0.300 e. The highest BCUT2D eigenvalue weighted by Crippen LogP contribution is 2.84. The molecule has 4 fully saturated rings. The molecule has 0 N–H and O–H groups in total. The minimum atomic E-state index is 0.341. The van der Waals surface area contributed by atoms with Crippen molar-refractivity contribution in [3.8, 4) is 0 Å². The summed E-state index contributed by atoms with van der Waals surface area (Å²) in [5, 5.41) is 0. The average molecular weight is 260 g/mol. The molecular formula is C18H28O. The van der Waals surface area contributed by atoms with E-state index in [9.17, 15) is 4.79 Å². The normalized spacial score (nSPS) is 59.9. The average Bonchev–Trinajstić information content (AvgIpc) is 2.82. The van der Waals surface area contributed by atoms with Gasteiger partial charge in [0, 0.05) is 12.8 Å². The number of hydrogen-bond acceptors (Lipinski definition) is 1. The first-order valence-electron chi connectivity index (χ1n) is 8.41. The van der Waals surface area contributed by atoms with Crippen molar-refractivity contribution >= 4 is 5.78 Å². The van der Waals surface area contributed by atoms with Gasteiger partial charge < -0.3 is 0 Å². The maximum absolute atomic E-state index is 12.3. The first-order chi connectivity index (χ1) is 8.89. The number of Topliss-reactive ketones (excluding diaryl/α,β-unsaturated/α-hetero) is 1. The Labute approximate surface area is 117 Å². The van der Waals surface area contributed by atoms with Crippen molar-refractivity contribution in [2.24, 2.45) is 27.6 Å². The lowest BCUT2D eigenvalue weighted by Crippen LogP contribution is -2.52. The zero-order valence-corrected chi connectivity index (χ0v) is 12.8. The van der Waals surface area contributed by atoms with E-state index in [1.54, 1.807) is 0 Å². The van der Waals surface area contributed by atoms with E-state index >= 15 is 0 Å². The summed E-state index contributed by atoms with van der Waals surface area (Å²) in [5.74, 6) is 1.41. The molecule has 2 spiro atoms. The number of carbonyl (C=O) groups excluding carboxylic acids is 1. The summed E-state index contributed by atoms with van der Waals surface area (Å²) >= 11 is 0. The van der Waals surface area contributed by atoms with Crippen LogP contribution in [0.3, 0.4) is 0 Å². The predicted octanol–water partition coefficient (Wildman–Crippen LogP) is 4.74. The molecule has 0 heterocycles. The Morgan fingerprint density at radius 1 is 0.947 bits per heavy atom. The van der Waals surface area contributed by atoms with Gasteiger partial charge in [-0.3, -0.25) is 4.79 Å². The van der Waals surface area contributed by atoms with Gasteiger partial charge in [-0.1, -0.05) is 33.6 Å². The summed E-state index contributed by atoms with van der Waals surface area (Å²) in [5.41, 5.74) is 1.76. The van der Waals surface area contributed by atoms with E-state index in [0.29, 0.717) is 27.4 Å². The lowest BCUT2D eigenvalue weighted by molar-refractivity contribution is -0.122. The fraction of sp³-hybridized carbons (Fsp3) is 0.944. The second-order valence-electron chi connectivity index (χ2n) is 8.86. The van der Waals surface area contributed by atoms with Gasteiger partial charge in [-0.25, -0.2) is 0 Å². The van der Waals surface area contributed by atoms with Crippen molar-refractivity contribution in [3.05, 3.63) is 0 Å². The van der Waals surface area contributed by atoms with Crippen LogP contribution in [0.4, 0.5) is 0 Å². The van der Waals surface area contributed by atoms with Gasteiger partial charge in [0.05, 0.1) is 0 Å². The van der Waals surface area contributed by atoms with Gasteiger partial charge in [0.2, 0.25) is 0 Å². The Morgan fingerprint density at radius 3 is 2.47 bits per heavy atom. The molecule has 1 nitrogen and oxygen atoms in total. The molecule has 4 rings (SSSR count). The first-order valence-corrected chi connectivity index (χ1v) is 8.41. The van der Waals surface area contributed by atoms with Gasteiger partial charge in [0.25, 0.3) is 0 Å². The van der Waals surface area contributed by atoms with Crippen LogP contribution in [0.5, 0.6) is 0 Å².